The first-order valence-corrected chi connectivity index (χ1v) is 9.72. The summed E-state index contributed by atoms with van der Waals surface area (Å²) in [5.41, 5.74) is 1.89. The van der Waals surface area contributed by atoms with E-state index in [0.29, 0.717) is 35.0 Å². The summed E-state index contributed by atoms with van der Waals surface area (Å²) in [5, 5.41) is 5.40. The van der Waals surface area contributed by atoms with Gasteiger partial charge >= 0.3 is 0 Å². The molecule has 0 saturated carbocycles. The van der Waals surface area contributed by atoms with Crippen molar-refractivity contribution >= 4 is 35.2 Å². The van der Waals surface area contributed by atoms with Gasteiger partial charge in [-0.25, -0.2) is 0 Å². The quantitative estimate of drug-likeness (QED) is 0.602. The van der Waals surface area contributed by atoms with Gasteiger partial charge < -0.3 is 25.0 Å². The Hall–Kier alpha value is -3.81. The van der Waals surface area contributed by atoms with Gasteiger partial charge in [0.25, 0.3) is 0 Å². The molecule has 0 heterocycles. The van der Waals surface area contributed by atoms with Crippen LogP contribution in [-0.4, -0.2) is 49.9 Å². The van der Waals surface area contributed by atoms with Gasteiger partial charge in [-0.15, -0.1) is 0 Å². The van der Waals surface area contributed by atoms with Crippen LogP contribution >= 0.6 is 0 Å². The molecular weight excluding hydrogens is 398 g/mol. The van der Waals surface area contributed by atoms with E-state index in [9.17, 15) is 14.4 Å². The van der Waals surface area contributed by atoms with E-state index in [-0.39, 0.29) is 24.3 Å². The number of ether oxygens (including phenoxy) is 2. The first-order valence-electron chi connectivity index (χ1n) is 9.72. The Kier molecular flexibility index (Phi) is 8.63. The van der Waals surface area contributed by atoms with Crippen molar-refractivity contribution in [2.24, 2.45) is 0 Å². The van der Waals surface area contributed by atoms with Gasteiger partial charge in [-0.05, 0) is 55.5 Å². The topological polar surface area (TPSA) is 97.0 Å². The Balaban J connectivity index is 2.00. The number of carbonyl (C=O) groups excluding carboxylic acids is 3. The Morgan fingerprint density at radius 2 is 1.61 bits per heavy atom. The zero-order valence-corrected chi connectivity index (χ0v) is 18.1. The summed E-state index contributed by atoms with van der Waals surface area (Å²) in [6.07, 6.45) is 3.03. The maximum atomic E-state index is 12.6. The fourth-order valence-corrected chi connectivity index (χ4v) is 2.80. The van der Waals surface area contributed by atoms with Crippen molar-refractivity contribution in [1.82, 2.24) is 4.90 Å². The summed E-state index contributed by atoms with van der Waals surface area (Å²) >= 11 is 0. The molecule has 0 atom stereocenters. The second-order valence-electron chi connectivity index (χ2n) is 6.60. The minimum Gasteiger partial charge on any atom is -0.497 e. The molecule has 0 saturated heterocycles. The van der Waals surface area contributed by atoms with Crippen LogP contribution in [0.2, 0.25) is 0 Å². The number of benzene rings is 2. The molecule has 8 heteroatoms. The number of nitrogens with one attached hydrogen (secondary N) is 2. The van der Waals surface area contributed by atoms with E-state index in [0.717, 1.165) is 0 Å². The smallest absolute Gasteiger partial charge is 0.247 e. The van der Waals surface area contributed by atoms with Crippen LogP contribution in [0.1, 0.15) is 19.4 Å². The van der Waals surface area contributed by atoms with E-state index in [1.54, 1.807) is 69.7 Å². The molecule has 0 aliphatic rings. The Morgan fingerprint density at radius 3 is 2.16 bits per heavy atom. The molecule has 2 rings (SSSR count). The van der Waals surface area contributed by atoms with Crippen LogP contribution in [0, 0.1) is 0 Å². The monoisotopic (exact) mass is 425 g/mol. The summed E-state index contributed by atoms with van der Waals surface area (Å²) in [6, 6.07) is 12.0. The maximum absolute atomic E-state index is 12.6. The summed E-state index contributed by atoms with van der Waals surface area (Å²) in [6.45, 7) is 3.49. The van der Waals surface area contributed by atoms with Crippen LogP contribution in [0.3, 0.4) is 0 Å². The van der Waals surface area contributed by atoms with Crippen LogP contribution < -0.4 is 20.1 Å². The molecular formula is C23H27N3O5. The zero-order valence-electron chi connectivity index (χ0n) is 18.1. The largest absolute Gasteiger partial charge is 0.497 e. The molecule has 2 N–H and O–H groups in total. The van der Waals surface area contributed by atoms with Crippen molar-refractivity contribution < 1.29 is 23.9 Å². The van der Waals surface area contributed by atoms with Crippen molar-refractivity contribution in [3.63, 3.8) is 0 Å². The number of amides is 3. The highest BCUT2D eigenvalue weighted by atomic mass is 16.5. The summed E-state index contributed by atoms with van der Waals surface area (Å²) in [7, 11) is 3.11. The molecule has 31 heavy (non-hydrogen) atoms. The second kappa shape index (κ2) is 11.4. The molecule has 0 spiro atoms. The van der Waals surface area contributed by atoms with Crippen LogP contribution in [0.4, 0.5) is 11.4 Å². The van der Waals surface area contributed by atoms with E-state index in [2.05, 4.69) is 10.6 Å². The highest BCUT2D eigenvalue weighted by Crippen LogP contribution is 2.25. The maximum Gasteiger partial charge on any atom is 0.247 e. The Labute approximate surface area is 181 Å². The Bertz CT molecular complexity index is 954. The lowest BCUT2D eigenvalue weighted by atomic mass is 10.1. The van der Waals surface area contributed by atoms with E-state index in [1.807, 2.05) is 0 Å². The first-order chi connectivity index (χ1) is 14.9. The third kappa shape index (κ3) is 7.18. The lowest BCUT2D eigenvalue weighted by Crippen LogP contribution is -2.36. The normalized spacial score (nSPS) is 10.5. The zero-order chi connectivity index (χ0) is 22.8. The van der Waals surface area contributed by atoms with Gasteiger partial charge in [-0.2, -0.15) is 0 Å². The van der Waals surface area contributed by atoms with E-state index < -0.39 is 0 Å². The lowest BCUT2D eigenvalue weighted by molar-refractivity contribution is -0.130. The van der Waals surface area contributed by atoms with Crippen molar-refractivity contribution in [2.75, 3.05) is 37.9 Å². The molecule has 8 nitrogen and oxygen atoms in total. The highest BCUT2D eigenvalue weighted by molar-refractivity contribution is 5.98. The SMILES string of the molecule is CCN(CC(=O)Nc1ccc(NC(C)=O)cc1)C(=O)/C=C/c1cc(OC)ccc1OC. The predicted molar refractivity (Wildman–Crippen MR) is 120 cm³/mol. The third-order valence-corrected chi connectivity index (χ3v) is 4.36. The number of hydrogen-bond acceptors (Lipinski definition) is 5. The molecule has 0 aliphatic heterocycles. The van der Waals surface area contributed by atoms with Crippen molar-refractivity contribution in [1.29, 1.82) is 0 Å². The van der Waals surface area contributed by atoms with Gasteiger partial charge in [0.2, 0.25) is 17.7 Å². The summed E-state index contributed by atoms with van der Waals surface area (Å²) in [5.74, 6) is 0.448. The predicted octanol–water partition coefficient (Wildman–Crippen LogP) is 3.16. The number of nitrogens with zero attached hydrogens (tertiary/aromatic N) is 1. The molecule has 0 fully saturated rings. The molecule has 0 aromatic heterocycles. The lowest BCUT2D eigenvalue weighted by Gasteiger charge is -2.18. The van der Waals surface area contributed by atoms with Gasteiger partial charge in [0.15, 0.2) is 0 Å². The van der Waals surface area contributed by atoms with Crippen LogP contribution in [0.15, 0.2) is 48.5 Å². The van der Waals surface area contributed by atoms with E-state index in [1.165, 1.54) is 17.9 Å². The molecule has 3 amide bonds. The van der Waals surface area contributed by atoms with E-state index >= 15 is 0 Å². The average Bonchev–Trinajstić information content (AvgIpc) is 2.76. The van der Waals surface area contributed by atoms with Gasteiger partial charge in [0, 0.05) is 36.5 Å². The molecule has 0 aliphatic carbocycles. The van der Waals surface area contributed by atoms with Gasteiger partial charge in [0.05, 0.1) is 14.2 Å². The van der Waals surface area contributed by atoms with Crippen molar-refractivity contribution in [2.45, 2.75) is 13.8 Å². The number of methoxy groups -OCH3 is 2. The van der Waals surface area contributed by atoms with E-state index in [4.69, 9.17) is 9.47 Å². The minimum atomic E-state index is -0.324. The third-order valence-electron chi connectivity index (χ3n) is 4.36. The minimum absolute atomic E-state index is 0.0949. The second-order valence-corrected chi connectivity index (χ2v) is 6.60. The molecule has 2 aromatic carbocycles. The van der Waals surface area contributed by atoms with Gasteiger partial charge in [-0.3, -0.25) is 14.4 Å². The number of rotatable bonds is 9. The van der Waals surface area contributed by atoms with Crippen LogP contribution in [-0.2, 0) is 14.4 Å². The highest BCUT2D eigenvalue weighted by Gasteiger charge is 2.14. The fourth-order valence-electron chi connectivity index (χ4n) is 2.80. The average molecular weight is 425 g/mol. The number of carbonyl (C=O) groups is 3. The van der Waals surface area contributed by atoms with Crippen molar-refractivity contribution in [3.8, 4) is 11.5 Å². The standard InChI is InChI=1S/C23H27N3O5/c1-5-26(15-22(28)25-19-9-7-18(8-10-19)24-16(2)27)23(29)13-6-17-14-20(30-3)11-12-21(17)31-4/h6-14H,5,15H2,1-4H3,(H,24,27)(H,25,28)/b13-6+. The molecule has 0 unspecified atom stereocenters. The number of likely N-dealkylation sites (N-methyl/N-ethyl adjacent to an activating group) is 1. The number of hydrogen-bond donors (Lipinski definition) is 2. The first kappa shape index (κ1) is 23.5. The van der Waals surface area contributed by atoms with Crippen LogP contribution in [0.5, 0.6) is 11.5 Å². The van der Waals surface area contributed by atoms with Crippen molar-refractivity contribution in [3.05, 3.63) is 54.1 Å². The number of anilines is 2. The fraction of sp³-hybridized carbons (Fsp3) is 0.261. The van der Waals surface area contributed by atoms with Gasteiger partial charge in [-0.1, -0.05) is 0 Å². The molecule has 0 bridgehead atoms. The van der Waals surface area contributed by atoms with Gasteiger partial charge in [0.1, 0.15) is 18.0 Å². The molecule has 0 radical (unpaired) electrons. The van der Waals surface area contributed by atoms with Crippen LogP contribution in [0.25, 0.3) is 6.08 Å². The molecule has 2 aromatic rings. The summed E-state index contributed by atoms with van der Waals surface area (Å²) < 4.78 is 10.5. The summed E-state index contributed by atoms with van der Waals surface area (Å²) in [4.78, 5) is 37.4. The molecule has 164 valence electrons. The Morgan fingerprint density at radius 1 is 0.968 bits per heavy atom.